The van der Waals surface area contributed by atoms with Crippen molar-refractivity contribution in [1.82, 2.24) is 25.2 Å². The van der Waals surface area contributed by atoms with Crippen molar-refractivity contribution in [3.8, 4) is 5.75 Å². The molecule has 0 aliphatic heterocycles. The maximum absolute atomic E-state index is 12.4. The van der Waals surface area contributed by atoms with Gasteiger partial charge in [0.25, 0.3) is 5.91 Å². The van der Waals surface area contributed by atoms with Crippen LogP contribution in [-0.4, -0.2) is 55.5 Å². The van der Waals surface area contributed by atoms with Crippen molar-refractivity contribution in [3.63, 3.8) is 0 Å². The molecule has 0 saturated heterocycles. The second-order valence-corrected chi connectivity index (χ2v) is 7.98. The molecule has 0 spiro atoms. The SMILES string of the molecule is CCCNS(=O)(=O)c1cc(C(=O)NCCSc2ncn[nH]2)ccc1OC. The highest BCUT2D eigenvalue weighted by molar-refractivity contribution is 7.99. The minimum Gasteiger partial charge on any atom is -0.495 e. The van der Waals surface area contributed by atoms with Crippen LogP contribution in [0.15, 0.2) is 34.6 Å². The molecule has 0 aliphatic rings. The van der Waals surface area contributed by atoms with E-state index in [-0.39, 0.29) is 22.1 Å². The number of benzene rings is 1. The van der Waals surface area contributed by atoms with Gasteiger partial charge in [-0.25, -0.2) is 18.1 Å². The van der Waals surface area contributed by atoms with E-state index in [2.05, 4.69) is 25.2 Å². The summed E-state index contributed by atoms with van der Waals surface area (Å²) in [4.78, 5) is 16.2. The molecule has 1 heterocycles. The van der Waals surface area contributed by atoms with Crippen molar-refractivity contribution in [3.05, 3.63) is 30.1 Å². The van der Waals surface area contributed by atoms with Crippen molar-refractivity contribution < 1.29 is 17.9 Å². The van der Waals surface area contributed by atoms with Gasteiger partial charge in [0.05, 0.1) is 7.11 Å². The first-order chi connectivity index (χ1) is 12.5. The lowest BCUT2D eigenvalue weighted by molar-refractivity contribution is 0.0956. The zero-order chi connectivity index (χ0) is 19.0. The van der Waals surface area contributed by atoms with Gasteiger partial charge in [0.1, 0.15) is 17.0 Å². The predicted molar refractivity (Wildman–Crippen MR) is 97.9 cm³/mol. The van der Waals surface area contributed by atoms with Gasteiger partial charge in [0.2, 0.25) is 10.0 Å². The number of aromatic amines is 1. The number of methoxy groups -OCH3 is 1. The molecule has 0 atom stereocenters. The maximum Gasteiger partial charge on any atom is 0.251 e. The molecular weight excluding hydrogens is 378 g/mol. The van der Waals surface area contributed by atoms with Crippen LogP contribution in [0.1, 0.15) is 23.7 Å². The smallest absolute Gasteiger partial charge is 0.251 e. The lowest BCUT2D eigenvalue weighted by atomic mass is 10.2. The third kappa shape index (κ3) is 5.44. The molecule has 0 saturated carbocycles. The van der Waals surface area contributed by atoms with E-state index in [1.807, 2.05) is 6.92 Å². The van der Waals surface area contributed by atoms with E-state index in [4.69, 9.17) is 4.74 Å². The quantitative estimate of drug-likeness (QED) is 0.402. The molecule has 26 heavy (non-hydrogen) atoms. The summed E-state index contributed by atoms with van der Waals surface area (Å²) in [5, 5.41) is 9.86. The minimum absolute atomic E-state index is 0.0582. The van der Waals surface area contributed by atoms with Crippen LogP contribution in [0.5, 0.6) is 5.75 Å². The third-order valence-electron chi connectivity index (χ3n) is 3.28. The molecular formula is C15H21N5O4S2. The molecule has 1 amide bonds. The summed E-state index contributed by atoms with van der Waals surface area (Å²) in [5.74, 6) is 0.420. The Kier molecular flexibility index (Phi) is 7.42. The molecule has 3 N–H and O–H groups in total. The molecule has 0 aliphatic carbocycles. The molecule has 11 heteroatoms. The molecule has 0 radical (unpaired) electrons. The molecule has 0 unspecified atom stereocenters. The lowest BCUT2D eigenvalue weighted by Crippen LogP contribution is -2.27. The Bertz CT molecular complexity index is 825. The average Bonchev–Trinajstić information content (AvgIpc) is 3.16. The highest BCUT2D eigenvalue weighted by Crippen LogP contribution is 2.24. The van der Waals surface area contributed by atoms with Crippen molar-refractivity contribution in [2.45, 2.75) is 23.4 Å². The summed E-state index contributed by atoms with van der Waals surface area (Å²) in [6.07, 6.45) is 2.07. The summed E-state index contributed by atoms with van der Waals surface area (Å²) in [6, 6.07) is 4.31. The van der Waals surface area contributed by atoms with Gasteiger partial charge in [0, 0.05) is 24.4 Å². The van der Waals surface area contributed by atoms with Gasteiger partial charge in [-0.2, -0.15) is 5.10 Å². The van der Waals surface area contributed by atoms with Crippen LogP contribution in [0.4, 0.5) is 0 Å². The minimum atomic E-state index is -3.75. The van der Waals surface area contributed by atoms with Gasteiger partial charge in [0.15, 0.2) is 5.16 Å². The number of ether oxygens (including phenoxy) is 1. The van der Waals surface area contributed by atoms with Gasteiger partial charge in [-0.1, -0.05) is 18.7 Å². The van der Waals surface area contributed by atoms with Gasteiger partial charge in [-0.3, -0.25) is 9.89 Å². The fraction of sp³-hybridized carbons (Fsp3) is 0.400. The lowest BCUT2D eigenvalue weighted by Gasteiger charge is -2.12. The molecule has 1 aromatic heterocycles. The number of thioether (sulfide) groups is 1. The Balaban J connectivity index is 2.04. The van der Waals surface area contributed by atoms with Crippen LogP contribution in [0.25, 0.3) is 0 Å². The van der Waals surface area contributed by atoms with E-state index in [1.54, 1.807) is 0 Å². The number of rotatable bonds is 10. The Labute approximate surface area is 156 Å². The fourth-order valence-corrected chi connectivity index (χ4v) is 3.98. The van der Waals surface area contributed by atoms with E-state index in [0.29, 0.717) is 30.4 Å². The van der Waals surface area contributed by atoms with Gasteiger partial charge in [-0.05, 0) is 24.6 Å². The largest absolute Gasteiger partial charge is 0.495 e. The standard InChI is InChI=1S/C15H21N5O4S2/c1-3-6-19-26(22,23)13-9-11(4-5-12(13)24-2)14(21)16-7-8-25-15-17-10-18-20-15/h4-5,9-10,19H,3,6-8H2,1-2H3,(H,16,21)(H,17,18,20). The molecule has 142 valence electrons. The molecule has 0 bridgehead atoms. The topological polar surface area (TPSA) is 126 Å². The summed E-state index contributed by atoms with van der Waals surface area (Å²) in [7, 11) is -2.37. The number of carbonyl (C=O) groups is 1. The Hall–Kier alpha value is -2.11. The maximum atomic E-state index is 12.4. The summed E-state index contributed by atoms with van der Waals surface area (Å²) in [6.45, 7) is 2.56. The summed E-state index contributed by atoms with van der Waals surface area (Å²) < 4.78 is 32.4. The number of H-pyrrole nitrogens is 1. The van der Waals surface area contributed by atoms with Crippen molar-refractivity contribution >= 4 is 27.7 Å². The first-order valence-corrected chi connectivity index (χ1v) is 10.4. The summed E-state index contributed by atoms with van der Waals surface area (Å²) in [5.41, 5.74) is 0.243. The van der Waals surface area contributed by atoms with E-state index >= 15 is 0 Å². The zero-order valence-electron chi connectivity index (χ0n) is 14.5. The first kappa shape index (κ1) is 20.2. The Morgan fingerprint density at radius 3 is 2.81 bits per heavy atom. The number of sulfonamides is 1. The number of hydrogen-bond acceptors (Lipinski definition) is 7. The molecule has 9 nitrogen and oxygen atoms in total. The Morgan fingerprint density at radius 2 is 2.15 bits per heavy atom. The van der Waals surface area contributed by atoms with Crippen LogP contribution >= 0.6 is 11.8 Å². The van der Waals surface area contributed by atoms with Crippen molar-refractivity contribution in [1.29, 1.82) is 0 Å². The Morgan fingerprint density at radius 1 is 1.35 bits per heavy atom. The number of hydrogen-bond donors (Lipinski definition) is 3. The van der Waals surface area contributed by atoms with Crippen LogP contribution in [0.2, 0.25) is 0 Å². The second-order valence-electron chi connectivity index (χ2n) is 5.16. The number of nitrogens with zero attached hydrogens (tertiary/aromatic N) is 2. The zero-order valence-corrected chi connectivity index (χ0v) is 16.1. The van der Waals surface area contributed by atoms with E-state index in [0.717, 1.165) is 0 Å². The molecule has 2 aromatic rings. The summed E-state index contributed by atoms with van der Waals surface area (Å²) >= 11 is 1.42. The van der Waals surface area contributed by atoms with Gasteiger partial charge < -0.3 is 10.1 Å². The first-order valence-electron chi connectivity index (χ1n) is 7.92. The second kappa shape index (κ2) is 9.55. The van der Waals surface area contributed by atoms with Crippen molar-refractivity contribution in [2.24, 2.45) is 0 Å². The molecule has 2 rings (SSSR count). The average molecular weight is 399 g/mol. The van der Waals surface area contributed by atoms with Crippen LogP contribution in [0, 0.1) is 0 Å². The highest BCUT2D eigenvalue weighted by Gasteiger charge is 2.21. The van der Waals surface area contributed by atoms with E-state index in [9.17, 15) is 13.2 Å². The van der Waals surface area contributed by atoms with Gasteiger partial charge >= 0.3 is 0 Å². The fourth-order valence-electron chi connectivity index (χ4n) is 2.02. The van der Waals surface area contributed by atoms with Crippen LogP contribution < -0.4 is 14.8 Å². The molecule has 0 fully saturated rings. The normalized spacial score (nSPS) is 11.3. The van der Waals surface area contributed by atoms with Crippen LogP contribution in [0.3, 0.4) is 0 Å². The highest BCUT2D eigenvalue weighted by atomic mass is 32.2. The van der Waals surface area contributed by atoms with Crippen molar-refractivity contribution in [2.75, 3.05) is 26.0 Å². The third-order valence-corrected chi connectivity index (χ3v) is 5.64. The number of amides is 1. The number of carbonyl (C=O) groups excluding carboxylic acids is 1. The van der Waals surface area contributed by atoms with Gasteiger partial charge in [-0.15, -0.1) is 0 Å². The monoisotopic (exact) mass is 399 g/mol. The predicted octanol–water partition coefficient (Wildman–Crippen LogP) is 1.02. The molecule has 1 aromatic carbocycles. The number of nitrogens with one attached hydrogen (secondary N) is 3. The number of aromatic nitrogens is 3. The van der Waals surface area contributed by atoms with E-state index < -0.39 is 10.0 Å². The van der Waals surface area contributed by atoms with Crippen LogP contribution in [-0.2, 0) is 10.0 Å². The van der Waals surface area contributed by atoms with E-state index in [1.165, 1.54) is 43.4 Å².